The fourth-order valence-corrected chi connectivity index (χ4v) is 18.0. The van der Waals surface area contributed by atoms with Crippen LogP contribution in [0.25, 0.3) is 134 Å². The number of hydrogen-bond donors (Lipinski definition) is 0. The van der Waals surface area contributed by atoms with Crippen LogP contribution in [0.1, 0.15) is 0 Å². The van der Waals surface area contributed by atoms with E-state index in [-0.39, 0.29) is 6.71 Å². The number of anilines is 9. The highest BCUT2D eigenvalue weighted by molar-refractivity contribution is 7.00. The minimum Gasteiger partial charge on any atom is -0.310 e. The maximum Gasteiger partial charge on any atom is 0.252 e. The molecule has 2 aliphatic heterocycles. The second kappa shape index (κ2) is 30.9. The predicted molar refractivity (Wildman–Crippen MR) is 500 cm³/mol. The molecular weight excluding hydrogens is 1420 g/mol. The Kier molecular flexibility index (Phi) is 18.4. The van der Waals surface area contributed by atoms with Crippen LogP contribution < -0.4 is 31.1 Å². The van der Waals surface area contributed by atoms with Gasteiger partial charge in [0.25, 0.3) is 6.71 Å². The number of benzene rings is 19. The van der Waals surface area contributed by atoms with E-state index in [0.717, 1.165) is 162 Å². The van der Waals surface area contributed by atoms with Crippen LogP contribution in [0.4, 0.5) is 51.2 Å². The summed E-state index contributed by atoms with van der Waals surface area (Å²) < 4.78 is 0. The maximum atomic E-state index is 2.69. The molecule has 4 heteroatoms. The Morgan fingerprint density at radius 3 is 0.695 bits per heavy atom. The molecule has 0 aliphatic carbocycles. The summed E-state index contributed by atoms with van der Waals surface area (Å²) in [6.45, 7) is -0.339. The molecule has 118 heavy (non-hydrogen) atoms. The third-order valence-corrected chi connectivity index (χ3v) is 23.6. The van der Waals surface area contributed by atoms with E-state index < -0.39 is 0 Å². The molecule has 3 nitrogen and oxygen atoms in total. The van der Waals surface area contributed by atoms with Crippen LogP contribution in [0.3, 0.4) is 0 Å². The summed E-state index contributed by atoms with van der Waals surface area (Å²) >= 11 is 0. The first kappa shape index (κ1) is 70.5. The van der Waals surface area contributed by atoms with Crippen molar-refractivity contribution in [1.82, 2.24) is 0 Å². The van der Waals surface area contributed by atoms with Crippen molar-refractivity contribution in [1.29, 1.82) is 0 Å². The molecule has 2 aliphatic rings. The van der Waals surface area contributed by atoms with Crippen LogP contribution in [0.5, 0.6) is 0 Å². The van der Waals surface area contributed by atoms with Crippen molar-refractivity contribution in [3.63, 3.8) is 0 Å². The van der Waals surface area contributed by atoms with Gasteiger partial charge in [-0.05, 0) is 200 Å². The van der Waals surface area contributed by atoms with E-state index >= 15 is 0 Å². The highest BCUT2D eigenvalue weighted by Gasteiger charge is 2.46. The molecule has 552 valence electrons. The topological polar surface area (TPSA) is 9.72 Å². The molecule has 0 fully saturated rings. The van der Waals surface area contributed by atoms with Crippen LogP contribution in [0, 0.1) is 0 Å². The summed E-state index contributed by atoms with van der Waals surface area (Å²) in [5.74, 6) is 0. The van der Waals surface area contributed by atoms with Gasteiger partial charge in [-0.1, -0.05) is 400 Å². The Bertz CT molecular complexity index is 6380. The van der Waals surface area contributed by atoms with E-state index in [4.69, 9.17) is 0 Å². The molecule has 19 aromatic rings. The Morgan fingerprint density at radius 1 is 0.153 bits per heavy atom. The van der Waals surface area contributed by atoms with Gasteiger partial charge >= 0.3 is 0 Å². The lowest BCUT2D eigenvalue weighted by atomic mass is 9.33. The van der Waals surface area contributed by atoms with Crippen LogP contribution >= 0.6 is 0 Å². The largest absolute Gasteiger partial charge is 0.310 e. The first-order valence-electron chi connectivity index (χ1n) is 40.7. The van der Waals surface area contributed by atoms with Crippen LogP contribution in [0.15, 0.2) is 473 Å². The van der Waals surface area contributed by atoms with Crippen LogP contribution in [0.2, 0.25) is 0 Å². The van der Waals surface area contributed by atoms with Gasteiger partial charge in [0.2, 0.25) is 0 Å². The van der Waals surface area contributed by atoms with Crippen molar-refractivity contribution < 1.29 is 0 Å². The Hall–Kier alpha value is -15.4. The standard InChI is InChI=1S/C114H78BN3/c1-11-32-79(33-12-1)85-54-58-88(59-55-85)97-71-102(90-44-23-7-24-45-90)113(103(72-97)91-46-25-8-26-47-91)117-108-68-64-95(83-40-19-5-20-41-83)75-106(108)115-107-76-96(84-42-21-6-22-43-84)65-69-109(107)118(114-104(92-48-27-9-28-49-92)73-98(74-105(114)93-50-29-10-30-51-93)89-60-56-86(57-61-89)80-34-13-2-14-35-80)111-78-101(77-110(117)112(111)115)116(99-66-62-87(63-67-99)81-36-15-3-16-37-81)100-53-31-52-94(70-100)82-38-17-4-18-39-82/h1-78H. The van der Waals surface area contributed by atoms with Crippen LogP contribution in [-0.2, 0) is 0 Å². The molecule has 21 rings (SSSR count). The highest BCUT2D eigenvalue weighted by Crippen LogP contribution is 2.57. The SMILES string of the molecule is c1ccc(-c2ccc(-c3cc(-c4ccccc4)c(N4c5ccc(-c6ccccc6)cc5B5c6cc(-c7ccccc7)ccc6N(c6c(-c7ccccc7)cc(-c7ccc(-c8ccccc8)cc7)cc6-c6ccccc6)c6cc(N(c7ccc(-c8ccccc8)cc7)c7cccc(-c8ccccc8)c7)cc4c65)c(-c4ccccc4)c3)cc2)cc1. The van der Waals surface area contributed by atoms with Crippen molar-refractivity contribution in [3.8, 4) is 134 Å². The van der Waals surface area contributed by atoms with Gasteiger partial charge in [-0.25, -0.2) is 0 Å². The zero-order valence-corrected chi connectivity index (χ0v) is 65.0. The molecule has 0 unspecified atom stereocenters. The molecule has 0 atom stereocenters. The monoisotopic (exact) mass is 1500 g/mol. The van der Waals surface area contributed by atoms with E-state index in [1.165, 1.54) is 38.6 Å². The minimum absolute atomic E-state index is 0.339. The molecular formula is C114H78BN3. The van der Waals surface area contributed by atoms with Crippen molar-refractivity contribution >= 4 is 74.3 Å². The molecule has 19 aromatic carbocycles. The van der Waals surface area contributed by atoms with Crippen molar-refractivity contribution in [3.05, 3.63) is 473 Å². The van der Waals surface area contributed by atoms with E-state index in [9.17, 15) is 0 Å². The number of nitrogens with zero attached hydrogens (tertiary/aromatic N) is 3. The Labute approximate surface area is 691 Å². The number of rotatable bonds is 17. The van der Waals surface area contributed by atoms with Crippen molar-refractivity contribution in [2.24, 2.45) is 0 Å². The molecule has 0 aromatic heterocycles. The lowest BCUT2D eigenvalue weighted by Gasteiger charge is -2.46. The molecule has 0 saturated carbocycles. The molecule has 0 bridgehead atoms. The van der Waals surface area contributed by atoms with Gasteiger partial charge in [-0.3, -0.25) is 0 Å². The number of hydrogen-bond acceptors (Lipinski definition) is 3. The summed E-state index contributed by atoms with van der Waals surface area (Å²) in [7, 11) is 0. The summed E-state index contributed by atoms with van der Waals surface area (Å²) in [5.41, 5.74) is 40.0. The van der Waals surface area contributed by atoms with E-state index in [1.807, 2.05) is 0 Å². The summed E-state index contributed by atoms with van der Waals surface area (Å²) in [6.07, 6.45) is 0. The van der Waals surface area contributed by atoms with Gasteiger partial charge in [0, 0.05) is 56.4 Å². The minimum atomic E-state index is -0.339. The Morgan fingerprint density at radius 2 is 0.390 bits per heavy atom. The van der Waals surface area contributed by atoms with E-state index in [2.05, 4.69) is 488 Å². The average Bonchev–Trinajstić information content (AvgIpc) is 0.685. The van der Waals surface area contributed by atoms with Gasteiger partial charge in [0.1, 0.15) is 0 Å². The van der Waals surface area contributed by atoms with Gasteiger partial charge in [0.05, 0.1) is 17.1 Å². The zero-order valence-electron chi connectivity index (χ0n) is 65.0. The maximum absolute atomic E-state index is 2.69. The van der Waals surface area contributed by atoms with Crippen molar-refractivity contribution in [2.45, 2.75) is 0 Å². The first-order chi connectivity index (χ1) is 58.5. The Balaban J connectivity index is 0.926. The fraction of sp³-hybridized carbons (Fsp3) is 0. The molecule has 0 N–H and O–H groups in total. The van der Waals surface area contributed by atoms with E-state index in [0.29, 0.717) is 0 Å². The van der Waals surface area contributed by atoms with Gasteiger partial charge < -0.3 is 14.7 Å². The average molecular weight is 1500 g/mol. The lowest BCUT2D eigenvalue weighted by Crippen LogP contribution is -2.61. The molecule has 2 heterocycles. The smallest absolute Gasteiger partial charge is 0.252 e. The molecule has 0 spiro atoms. The predicted octanol–water partition coefficient (Wildman–Crippen LogP) is 29.2. The molecule has 0 amide bonds. The zero-order chi connectivity index (χ0) is 78.2. The van der Waals surface area contributed by atoms with Crippen LogP contribution in [-0.4, -0.2) is 6.71 Å². The second-order valence-corrected chi connectivity index (χ2v) is 30.6. The second-order valence-electron chi connectivity index (χ2n) is 30.6. The third-order valence-electron chi connectivity index (χ3n) is 23.6. The summed E-state index contributed by atoms with van der Waals surface area (Å²) in [4.78, 5) is 7.90. The fourth-order valence-electron chi connectivity index (χ4n) is 18.0. The van der Waals surface area contributed by atoms with E-state index in [1.54, 1.807) is 0 Å². The third kappa shape index (κ3) is 13.2. The van der Waals surface area contributed by atoms with Gasteiger partial charge in [-0.2, -0.15) is 0 Å². The number of fused-ring (bicyclic) bond motifs is 4. The van der Waals surface area contributed by atoms with Gasteiger partial charge in [-0.15, -0.1) is 0 Å². The van der Waals surface area contributed by atoms with Gasteiger partial charge in [0.15, 0.2) is 0 Å². The summed E-state index contributed by atoms with van der Waals surface area (Å²) in [5, 5.41) is 0. The molecule has 0 radical (unpaired) electrons. The van der Waals surface area contributed by atoms with Crippen molar-refractivity contribution in [2.75, 3.05) is 14.7 Å². The highest BCUT2D eigenvalue weighted by atomic mass is 15.2. The lowest BCUT2D eigenvalue weighted by molar-refractivity contribution is 1.23. The normalized spacial score (nSPS) is 11.8. The quantitative estimate of drug-likeness (QED) is 0.0842. The summed E-state index contributed by atoms with van der Waals surface area (Å²) in [6, 6.07) is 176. The molecule has 0 saturated heterocycles. The first-order valence-corrected chi connectivity index (χ1v) is 40.7.